The Balaban J connectivity index is 2.06. The van der Waals surface area contributed by atoms with Crippen LogP contribution in [-0.4, -0.2) is 33.3 Å². The van der Waals surface area contributed by atoms with E-state index in [9.17, 15) is 13.8 Å². The van der Waals surface area contributed by atoms with Crippen LogP contribution in [-0.2, 0) is 15.6 Å². The van der Waals surface area contributed by atoms with Gasteiger partial charge in [-0.2, -0.15) is 0 Å². The van der Waals surface area contributed by atoms with E-state index in [1.54, 1.807) is 36.4 Å². The standard InChI is InChI=1S/C18H22N2O5S/c1-2-7-14(12-20-17(22)15-10-6-11-24-15)26(23)18(16(19)21)25-13-8-4-3-5-9-13/h3-6,8-11,14,18H,2,7,12H2,1H3,(H2,19,21)(H,20,22). The minimum Gasteiger partial charge on any atom is -0.467 e. The zero-order chi connectivity index (χ0) is 18.9. The first kappa shape index (κ1) is 19.7. The van der Waals surface area contributed by atoms with Gasteiger partial charge in [0.25, 0.3) is 11.8 Å². The van der Waals surface area contributed by atoms with Crippen LogP contribution < -0.4 is 15.8 Å². The monoisotopic (exact) mass is 378 g/mol. The molecule has 2 amide bonds. The van der Waals surface area contributed by atoms with E-state index in [-0.39, 0.29) is 12.3 Å². The van der Waals surface area contributed by atoms with E-state index in [0.717, 1.165) is 6.42 Å². The Hall–Kier alpha value is -2.61. The highest BCUT2D eigenvalue weighted by molar-refractivity contribution is 7.87. The number of nitrogens with one attached hydrogen (secondary N) is 1. The van der Waals surface area contributed by atoms with Crippen LogP contribution in [0.15, 0.2) is 53.1 Å². The van der Waals surface area contributed by atoms with E-state index in [0.29, 0.717) is 12.2 Å². The molecule has 0 spiro atoms. The van der Waals surface area contributed by atoms with Gasteiger partial charge in [0.15, 0.2) is 5.76 Å². The van der Waals surface area contributed by atoms with E-state index in [4.69, 9.17) is 14.9 Å². The highest BCUT2D eigenvalue weighted by atomic mass is 32.2. The molecule has 0 radical (unpaired) electrons. The molecule has 3 unspecified atom stereocenters. The lowest BCUT2D eigenvalue weighted by molar-refractivity contribution is -0.121. The Morgan fingerprint density at radius 1 is 1.23 bits per heavy atom. The molecule has 1 aromatic heterocycles. The number of rotatable bonds is 10. The lowest BCUT2D eigenvalue weighted by Crippen LogP contribution is -2.45. The predicted octanol–water partition coefficient (Wildman–Crippen LogP) is 1.82. The number of amides is 2. The van der Waals surface area contributed by atoms with Crippen LogP contribution in [0.2, 0.25) is 0 Å². The van der Waals surface area contributed by atoms with Gasteiger partial charge in [-0.05, 0) is 30.7 Å². The molecular formula is C18H22N2O5S. The molecule has 7 nitrogen and oxygen atoms in total. The number of para-hydroxylation sites is 1. The van der Waals surface area contributed by atoms with Crippen molar-refractivity contribution in [3.8, 4) is 5.75 Å². The van der Waals surface area contributed by atoms with E-state index in [1.165, 1.54) is 12.3 Å². The lowest BCUT2D eigenvalue weighted by atomic mass is 10.2. The third-order valence-electron chi connectivity index (χ3n) is 3.60. The third kappa shape index (κ3) is 5.45. The molecule has 0 aliphatic carbocycles. The average molecular weight is 378 g/mol. The van der Waals surface area contributed by atoms with Crippen molar-refractivity contribution in [2.24, 2.45) is 5.73 Å². The SMILES string of the molecule is CCCC(CNC(=O)c1ccco1)S(=O)C(Oc1ccccc1)C(N)=O. The number of hydrogen-bond donors (Lipinski definition) is 2. The second-order valence-corrected chi connectivity index (χ2v) is 7.34. The maximum Gasteiger partial charge on any atom is 0.287 e. The average Bonchev–Trinajstić information content (AvgIpc) is 3.18. The molecule has 2 rings (SSSR count). The van der Waals surface area contributed by atoms with E-state index in [2.05, 4.69) is 5.32 Å². The zero-order valence-corrected chi connectivity index (χ0v) is 15.2. The van der Waals surface area contributed by atoms with Gasteiger partial charge >= 0.3 is 0 Å². The summed E-state index contributed by atoms with van der Waals surface area (Å²) in [5, 5.41) is 2.19. The number of hydrogen-bond acceptors (Lipinski definition) is 5. The lowest BCUT2D eigenvalue weighted by Gasteiger charge is -2.22. The zero-order valence-electron chi connectivity index (χ0n) is 14.4. The van der Waals surface area contributed by atoms with Crippen LogP contribution >= 0.6 is 0 Å². The molecule has 8 heteroatoms. The van der Waals surface area contributed by atoms with Crippen molar-refractivity contribution in [2.75, 3.05) is 6.54 Å². The molecule has 0 saturated carbocycles. The van der Waals surface area contributed by atoms with Crippen LogP contribution in [0.1, 0.15) is 30.3 Å². The van der Waals surface area contributed by atoms with Crippen molar-refractivity contribution in [3.63, 3.8) is 0 Å². The first-order valence-electron chi connectivity index (χ1n) is 8.25. The van der Waals surface area contributed by atoms with Crippen LogP contribution in [0.5, 0.6) is 5.75 Å². The topological polar surface area (TPSA) is 112 Å². The molecule has 0 aliphatic heterocycles. The van der Waals surface area contributed by atoms with Crippen LogP contribution in [0, 0.1) is 0 Å². The van der Waals surface area contributed by atoms with Gasteiger partial charge in [-0.1, -0.05) is 31.5 Å². The molecule has 26 heavy (non-hydrogen) atoms. The summed E-state index contributed by atoms with van der Waals surface area (Å²) in [6.45, 7) is 2.04. The van der Waals surface area contributed by atoms with Gasteiger partial charge in [0.2, 0.25) is 5.44 Å². The molecule has 0 fully saturated rings. The van der Waals surface area contributed by atoms with Gasteiger partial charge in [0.05, 0.1) is 22.3 Å². The highest BCUT2D eigenvalue weighted by Crippen LogP contribution is 2.17. The summed E-state index contributed by atoms with van der Waals surface area (Å²) in [5.41, 5.74) is 4.10. The summed E-state index contributed by atoms with van der Waals surface area (Å²) in [5.74, 6) is -0.657. The fraction of sp³-hybridized carbons (Fsp3) is 0.333. The summed E-state index contributed by atoms with van der Waals surface area (Å²) >= 11 is 0. The second kappa shape index (κ2) is 9.76. The molecule has 2 aromatic rings. The van der Waals surface area contributed by atoms with Crippen molar-refractivity contribution in [1.29, 1.82) is 0 Å². The predicted molar refractivity (Wildman–Crippen MR) is 97.9 cm³/mol. The smallest absolute Gasteiger partial charge is 0.287 e. The largest absolute Gasteiger partial charge is 0.467 e. The van der Waals surface area contributed by atoms with Crippen molar-refractivity contribution in [3.05, 3.63) is 54.5 Å². The molecule has 0 bridgehead atoms. The Morgan fingerprint density at radius 2 is 1.96 bits per heavy atom. The number of carbonyl (C=O) groups excluding carboxylic acids is 2. The Kier molecular flexibility index (Phi) is 7.40. The van der Waals surface area contributed by atoms with Gasteiger partial charge in [-0.3, -0.25) is 13.8 Å². The normalized spacial score (nSPS) is 14.2. The molecule has 0 saturated heterocycles. The Labute approximate surface area is 154 Å². The summed E-state index contributed by atoms with van der Waals surface area (Å²) in [4.78, 5) is 23.8. The van der Waals surface area contributed by atoms with Crippen molar-refractivity contribution in [1.82, 2.24) is 5.32 Å². The second-order valence-electron chi connectivity index (χ2n) is 5.59. The van der Waals surface area contributed by atoms with E-state index < -0.39 is 33.3 Å². The van der Waals surface area contributed by atoms with Gasteiger partial charge < -0.3 is 20.2 Å². The minimum atomic E-state index is -1.73. The van der Waals surface area contributed by atoms with Gasteiger partial charge in [-0.15, -0.1) is 0 Å². The first-order valence-corrected chi connectivity index (χ1v) is 9.52. The molecule has 140 valence electrons. The van der Waals surface area contributed by atoms with E-state index >= 15 is 0 Å². The molecular weight excluding hydrogens is 356 g/mol. The number of carbonyl (C=O) groups is 2. The van der Waals surface area contributed by atoms with Crippen molar-refractivity contribution in [2.45, 2.75) is 30.5 Å². The van der Waals surface area contributed by atoms with E-state index in [1.807, 2.05) is 6.92 Å². The molecule has 1 aromatic carbocycles. The molecule has 1 heterocycles. The van der Waals surface area contributed by atoms with Crippen LogP contribution in [0.4, 0.5) is 0 Å². The van der Waals surface area contributed by atoms with Crippen molar-refractivity contribution < 1.29 is 23.0 Å². The van der Waals surface area contributed by atoms with Crippen LogP contribution in [0.3, 0.4) is 0 Å². The fourth-order valence-electron chi connectivity index (χ4n) is 2.34. The number of nitrogens with two attached hydrogens (primary N) is 1. The Bertz CT molecular complexity index is 733. The molecule has 0 aliphatic rings. The maximum atomic E-state index is 12.9. The van der Waals surface area contributed by atoms with Gasteiger partial charge in [0.1, 0.15) is 5.75 Å². The summed E-state index contributed by atoms with van der Waals surface area (Å²) < 4.78 is 23.5. The van der Waals surface area contributed by atoms with Crippen LogP contribution in [0.25, 0.3) is 0 Å². The Morgan fingerprint density at radius 3 is 2.54 bits per heavy atom. The maximum absolute atomic E-state index is 12.9. The summed E-state index contributed by atoms with van der Waals surface area (Å²) in [7, 11) is -1.73. The number of ether oxygens (including phenoxy) is 1. The summed E-state index contributed by atoms with van der Waals surface area (Å²) in [6, 6.07) is 11.7. The number of primary amides is 1. The first-order chi connectivity index (χ1) is 12.5. The van der Waals surface area contributed by atoms with Gasteiger partial charge in [0, 0.05) is 6.54 Å². The van der Waals surface area contributed by atoms with Gasteiger partial charge in [-0.25, -0.2) is 0 Å². The highest BCUT2D eigenvalue weighted by Gasteiger charge is 2.31. The molecule has 3 atom stereocenters. The minimum absolute atomic E-state index is 0.113. The quantitative estimate of drug-likeness (QED) is 0.655. The third-order valence-corrected chi connectivity index (χ3v) is 5.41. The number of benzene rings is 1. The number of furan rings is 1. The molecule has 3 N–H and O–H groups in total. The van der Waals surface area contributed by atoms with Crippen molar-refractivity contribution >= 4 is 22.6 Å². The summed E-state index contributed by atoms with van der Waals surface area (Å²) in [6.07, 6.45) is 2.66. The fourth-order valence-corrected chi connectivity index (χ4v) is 3.84.